The van der Waals surface area contributed by atoms with Gasteiger partial charge < -0.3 is 15.1 Å². The monoisotopic (exact) mass is 258 g/mol. The number of benzene rings is 1. The van der Waals surface area contributed by atoms with Crippen molar-refractivity contribution in [2.75, 3.05) is 13.1 Å². The molecule has 1 aromatic heterocycles. The van der Waals surface area contributed by atoms with E-state index >= 15 is 0 Å². The van der Waals surface area contributed by atoms with Crippen LogP contribution in [-0.2, 0) is 4.79 Å². The molecule has 4 nitrogen and oxygen atoms in total. The first-order chi connectivity index (χ1) is 9.13. The second kappa shape index (κ2) is 4.70. The van der Waals surface area contributed by atoms with Crippen LogP contribution in [0.4, 0.5) is 0 Å². The van der Waals surface area contributed by atoms with Crippen LogP contribution in [0, 0.1) is 5.92 Å². The summed E-state index contributed by atoms with van der Waals surface area (Å²) in [5.74, 6) is 1.36. The summed E-state index contributed by atoms with van der Waals surface area (Å²) in [5.41, 5.74) is 7.00. The molecule has 1 aliphatic rings. The Balaban J connectivity index is 1.76. The number of rotatable bonds is 3. The van der Waals surface area contributed by atoms with Crippen molar-refractivity contribution >= 4 is 16.9 Å². The van der Waals surface area contributed by atoms with E-state index in [0.717, 1.165) is 23.3 Å². The lowest BCUT2D eigenvalue weighted by atomic mass is 10.2. The minimum absolute atomic E-state index is 0.194. The van der Waals surface area contributed by atoms with E-state index in [1.165, 1.54) is 0 Å². The van der Waals surface area contributed by atoms with Crippen LogP contribution in [0.5, 0.6) is 0 Å². The zero-order chi connectivity index (χ0) is 13.4. The first kappa shape index (κ1) is 12.2. The Morgan fingerprint density at radius 3 is 2.95 bits per heavy atom. The van der Waals surface area contributed by atoms with Gasteiger partial charge in [0.05, 0.1) is 6.04 Å². The van der Waals surface area contributed by atoms with Gasteiger partial charge in [0.25, 0.3) is 0 Å². The van der Waals surface area contributed by atoms with Crippen molar-refractivity contribution in [3.05, 3.63) is 36.1 Å². The summed E-state index contributed by atoms with van der Waals surface area (Å²) in [6.45, 7) is 3.42. The lowest BCUT2D eigenvalue weighted by molar-refractivity contribution is -0.128. The maximum absolute atomic E-state index is 11.8. The molecule has 3 rings (SSSR count). The summed E-state index contributed by atoms with van der Waals surface area (Å²) in [6.07, 6.45) is 0.632. The maximum Gasteiger partial charge on any atom is 0.222 e. The van der Waals surface area contributed by atoms with Gasteiger partial charge >= 0.3 is 0 Å². The summed E-state index contributed by atoms with van der Waals surface area (Å²) in [4.78, 5) is 13.6. The highest BCUT2D eigenvalue weighted by Gasteiger charge is 2.28. The zero-order valence-corrected chi connectivity index (χ0v) is 11.0. The molecule has 1 amide bonds. The lowest BCUT2D eigenvalue weighted by Crippen LogP contribution is -2.33. The van der Waals surface area contributed by atoms with Crippen LogP contribution in [0.2, 0.25) is 0 Å². The molecule has 1 aliphatic heterocycles. The molecular formula is C15H18N2O2. The summed E-state index contributed by atoms with van der Waals surface area (Å²) >= 11 is 0. The Morgan fingerprint density at radius 1 is 1.47 bits per heavy atom. The fourth-order valence-electron chi connectivity index (χ4n) is 2.66. The van der Waals surface area contributed by atoms with Gasteiger partial charge in [-0.05, 0) is 18.1 Å². The highest BCUT2D eigenvalue weighted by molar-refractivity contribution is 5.79. The number of amides is 1. The molecule has 2 atom stereocenters. The minimum Gasteiger partial charge on any atom is -0.459 e. The van der Waals surface area contributed by atoms with Crippen LogP contribution < -0.4 is 5.73 Å². The molecule has 1 aromatic carbocycles. The predicted octanol–water partition coefficient (Wildman–Crippen LogP) is 2.30. The van der Waals surface area contributed by atoms with Gasteiger partial charge in [-0.25, -0.2) is 0 Å². The lowest BCUT2D eigenvalue weighted by Gasteiger charge is -2.19. The van der Waals surface area contributed by atoms with E-state index in [1.54, 1.807) is 0 Å². The van der Waals surface area contributed by atoms with E-state index in [9.17, 15) is 4.79 Å². The third-order valence-corrected chi connectivity index (χ3v) is 3.63. The second-order valence-electron chi connectivity index (χ2n) is 5.40. The first-order valence-corrected chi connectivity index (χ1v) is 6.65. The van der Waals surface area contributed by atoms with Crippen molar-refractivity contribution in [2.24, 2.45) is 11.7 Å². The van der Waals surface area contributed by atoms with E-state index in [2.05, 4.69) is 6.92 Å². The molecule has 19 heavy (non-hydrogen) atoms. The predicted molar refractivity (Wildman–Crippen MR) is 73.5 cm³/mol. The third kappa shape index (κ3) is 2.36. The molecule has 2 heterocycles. The van der Waals surface area contributed by atoms with E-state index in [-0.39, 0.29) is 11.9 Å². The number of para-hydroxylation sites is 1. The quantitative estimate of drug-likeness (QED) is 0.919. The second-order valence-corrected chi connectivity index (χ2v) is 5.40. The van der Waals surface area contributed by atoms with E-state index < -0.39 is 0 Å². The van der Waals surface area contributed by atoms with Gasteiger partial charge in [-0.1, -0.05) is 25.1 Å². The number of carbonyl (C=O) groups is 1. The number of nitrogens with two attached hydrogens (primary N) is 1. The maximum atomic E-state index is 11.8. The molecule has 2 aromatic rings. The molecule has 4 heteroatoms. The molecule has 2 unspecified atom stereocenters. The van der Waals surface area contributed by atoms with Crippen LogP contribution >= 0.6 is 0 Å². The molecule has 0 spiro atoms. The van der Waals surface area contributed by atoms with Gasteiger partial charge in [-0.2, -0.15) is 0 Å². The Hall–Kier alpha value is -1.81. The largest absolute Gasteiger partial charge is 0.459 e. The Morgan fingerprint density at radius 2 is 2.26 bits per heavy atom. The average Bonchev–Trinajstić information content (AvgIpc) is 2.93. The van der Waals surface area contributed by atoms with Crippen LogP contribution in [-0.4, -0.2) is 23.9 Å². The van der Waals surface area contributed by atoms with Gasteiger partial charge in [-0.3, -0.25) is 4.79 Å². The Labute approximate surface area is 112 Å². The number of likely N-dealkylation sites (tertiary alicyclic amines) is 1. The SMILES string of the molecule is CC1CC(=O)N(CC(N)c2cc3ccccc3o2)C1. The van der Waals surface area contributed by atoms with Crippen LogP contribution in [0.15, 0.2) is 34.7 Å². The molecule has 0 aliphatic carbocycles. The molecule has 100 valence electrons. The number of furan rings is 1. The Kier molecular flexibility index (Phi) is 3.03. The highest BCUT2D eigenvalue weighted by atomic mass is 16.3. The van der Waals surface area contributed by atoms with E-state index in [1.807, 2.05) is 35.2 Å². The van der Waals surface area contributed by atoms with Gasteiger partial charge in [0.2, 0.25) is 5.91 Å². The minimum atomic E-state index is -0.262. The normalized spacial score (nSPS) is 21.3. The van der Waals surface area contributed by atoms with Gasteiger partial charge in [0, 0.05) is 24.9 Å². The van der Waals surface area contributed by atoms with E-state index in [4.69, 9.17) is 10.2 Å². The van der Waals surface area contributed by atoms with Crippen molar-refractivity contribution in [2.45, 2.75) is 19.4 Å². The summed E-state index contributed by atoms with van der Waals surface area (Å²) in [5, 5.41) is 1.05. The fraction of sp³-hybridized carbons (Fsp3) is 0.400. The van der Waals surface area contributed by atoms with Crippen molar-refractivity contribution < 1.29 is 9.21 Å². The third-order valence-electron chi connectivity index (χ3n) is 3.63. The number of fused-ring (bicyclic) bond motifs is 1. The van der Waals surface area contributed by atoms with E-state index in [0.29, 0.717) is 18.9 Å². The first-order valence-electron chi connectivity index (χ1n) is 6.65. The van der Waals surface area contributed by atoms with Crippen molar-refractivity contribution in [1.29, 1.82) is 0 Å². The van der Waals surface area contributed by atoms with Gasteiger partial charge in [0.1, 0.15) is 11.3 Å². The van der Waals surface area contributed by atoms with Gasteiger partial charge in [-0.15, -0.1) is 0 Å². The van der Waals surface area contributed by atoms with Crippen molar-refractivity contribution in [3.63, 3.8) is 0 Å². The van der Waals surface area contributed by atoms with Crippen LogP contribution in [0.25, 0.3) is 11.0 Å². The molecule has 2 N–H and O–H groups in total. The average molecular weight is 258 g/mol. The summed E-state index contributed by atoms with van der Waals surface area (Å²) < 4.78 is 5.74. The number of nitrogens with zero attached hydrogens (tertiary/aromatic N) is 1. The fourth-order valence-corrected chi connectivity index (χ4v) is 2.66. The van der Waals surface area contributed by atoms with Crippen molar-refractivity contribution in [1.82, 2.24) is 4.90 Å². The van der Waals surface area contributed by atoms with Crippen molar-refractivity contribution in [3.8, 4) is 0 Å². The molecular weight excluding hydrogens is 240 g/mol. The molecule has 1 fully saturated rings. The zero-order valence-electron chi connectivity index (χ0n) is 11.0. The number of carbonyl (C=O) groups excluding carboxylic acids is 1. The molecule has 0 saturated carbocycles. The number of hydrogen-bond donors (Lipinski definition) is 1. The summed E-state index contributed by atoms with van der Waals surface area (Å²) in [6, 6.07) is 9.53. The topological polar surface area (TPSA) is 59.5 Å². The molecule has 0 bridgehead atoms. The van der Waals surface area contributed by atoms with Crippen LogP contribution in [0.3, 0.4) is 0 Å². The molecule has 0 radical (unpaired) electrons. The Bertz CT molecular complexity index is 572. The molecule has 1 saturated heterocycles. The number of hydrogen-bond acceptors (Lipinski definition) is 3. The van der Waals surface area contributed by atoms with Crippen LogP contribution in [0.1, 0.15) is 25.1 Å². The standard InChI is InChI=1S/C15H18N2O2/c1-10-6-15(18)17(8-10)9-12(16)14-7-11-4-2-3-5-13(11)19-14/h2-5,7,10,12H,6,8-9,16H2,1H3. The highest BCUT2D eigenvalue weighted by Crippen LogP contribution is 2.25. The smallest absolute Gasteiger partial charge is 0.222 e. The summed E-state index contributed by atoms with van der Waals surface area (Å²) in [7, 11) is 0. The van der Waals surface area contributed by atoms with Gasteiger partial charge in [0.15, 0.2) is 0 Å².